The number of nitrogens with zero attached hydrogens (tertiary/aromatic N) is 4. The van der Waals surface area contributed by atoms with Crippen LogP contribution in [-0.4, -0.2) is 28.9 Å². The first-order valence-corrected chi connectivity index (χ1v) is 9.29. The van der Waals surface area contributed by atoms with Crippen molar-refractivity contribution in [2.75, 3.05) is 16.3 Å². The summed E-state index contributed by atoms with van der Waals surface area (Å²) in [5, 5.41) is 8.66. The molecule has 0 spiro atoms. The number of rotatable bonds is 3. The van der Waals surface area contributed by atoms with Gasteiger partial charge in [0.05, 0.1) is 17.4 Å². The number of nitriles is 1. The van der Waals surface area contributed by atoms with E-state index in [0.29, 0.717) is 6.07 Å². The molecular formula is C19H12F6N4O2S. The predicted molar refractivity (Wildman–Crippen MR) is 104 cm³/mol. The molecule has 0 aliphatic carbocycles. The molecular weight excluding hydrogens is 462 g/mol. The van der Waals surface area contributed by atoms with E-state index in [1.54, 1.807) is 0 Å². The van der Waals surface area contributed by atoms with Gasteiger partial charge < -0.3 is 9.64 Å². The maximum absolute atomic E-state index is 13.3. The third-order valence-electron chi connectivity index (χ3n) is 4.35. The molecule has 2 aromatic rings. The quantitative estimate of drug-likeness (QED) is 0.471. The van der Waals surface area contributed by atoms with Crippen LogP contribution >= 0.6 is 12.2 Å². The van der Waals surface area contributed by atoms with E-state index in [-0.39, 0.29) is 35.9 Å². The molecule has 0 atom stereocenters. The lowest BCUT2D eigenvalue weighted by molar-refractivity contribution is -0.274. The molecule has 13 heteroatoms. The predicted octanol–water partition coefficient (Wildman–Crippen LogP) is 4.79. The van der Waals surface area contributed by atoms with Crippen LogP contribution in [0.15, 0.2) is 36.5 Å². The standard InChI is InChI=1S/C19H12F6N4O2S/c20-18(21,22)14-8-12(10-27-15(14)9-26)29-16(30)5-2-6-28(17(29)32)11-3-1-4-13(7-11)31-19(23,24)25/h1,3-4,7-8,10H,2,5-6H2. The van der Waals surface area contributed by atoms with Crippen molar-refractivity contribution < 1.29 is 35.9 Å². The van der Waals surface area contributed by atoms with Crippen molar-refractivity contribution in [3.05, 3.63) is 47.8 Å². The lowest BCUT2D eigenvalue weighted by Crippen LogP contribution is -2.44. The highest BCUT2D eigenvalue weighted by atomic mass is 32.1. The number of ether oxygens (including phenoxy) is 1. The summed E-state index contributed by atoms with van der Waals surface area (Å²) in [4.78, 5) is 18.3. The molecule has 1 aliphatic heterocycles. The van der Waals surface area contributed by atoms with E-state index in [1.807, 2.05) is 0 Å². The van der Waals surface area contributed by atoms with Crippen molar-refractivity contribution in [3.63, 3.8) is 0 Å². The minimum atomic E-state index is -4.93. The first-order chi connectivity index (χ1) is 14.9. The van der Waals surface area contributed by atoms with Crippen molar-refractivity contribution in [1.82, 2.24) is 4.98 Å². The monoisotopic (exact) mass is 474 g/mol. The third-order valence-corrected chi connectivity index (χ3v) is 4.75. The Morgan fingerprint density at radius 3 is 2.47 bits per heavy atom. The lowest BCUT2D eigenvalue weighted by atomic mass is 10.1. The summed E-state index contributed by atoms with van der Waals surface area (Å²) in [7, 11) is 0. The largest absolute Gasteiger partial charge is 0.573 e. The zero-order chi connectivity index (χ0) is 23.7. The molecule has 1 amide bonds. The maximum atomic E-state index is 13.3. The minimum Gasteiger partial charge on any atom is -0.406 e. The Kier molecular flexibility index (Phi) is 6.27. The number of halogens is 6. The number of anilines is 2. The number of hydrogen-bond donors (Lipinski definition) is 0. The molecule has 0 radical (unpaired) electrons. The lowest BCUT2D eigenvalue weighted by Gasteiger charge is -2.30. The number of alkyl halides is 6. The molecule has 168 valence electrons. The van der Waals surface area contributed by atoms with Crippen molar-refractivity contribution >= 4 is 34.6 Å². The number of pyridine rings is 1. The van der Waals surface area contributed by atoms with Crippen LogP contribution in [0.2, 0.25) is 0 Å². The molecule has 1 fully saturated rings. The number of amides is 1. The van der Waals surface area contributed by atoms with Gasteiger partial charge in [0, 0.05) is 24.7 Å². The fraction of sp³-hybridized carbons (Fsp3) is 0.263. The van der Waals surface area contributed by atoms with Gasteiger partial charge in [0.2, 0.25) is 5.91 Å². The Hall–Kier alpha value is -3.40. The van der Waals surface area contributed by atoms with Crippen LogP contribution in [-0.2, 0) is 11.0 Å². The average molecular weight is 474 g/mol. The number of thiocarbonyl (C=S) groups is 1. The van der Waals surface area contributed by atoms with Gasteiger partial charge in [-0.1, -0.05) is 6.07 Å². The van der Waals surface area contributed by atoms with Crippen LogP contribution in [0, 0.1) is 11.3 Å². The first-order valence-electron chi connectivity index (χ1n) is 8.88. The second kappa shape index (κ2) is 8.62. The van der Waals surface area contributed by atoms with E-state index < -0.39 is 35.5 Å². The molecule has 1 saturated heterocycles. The third kappa shape index (κ3) is 5.08. The second-order valence-electron chi connectivity index (χ2n) is 6.51. The van der Waals surface area contributed by atoms with Gasteiger partial charge in [-0.25, -0.2) is 4.98 Å². The van der Waals surface area contributed by atoms with Gasteiger partial charge in [-0.15, -0.1) is 13.2 Å². The number of benzene rings is 1. The minimum absolute atomic E-state index is 0.0866. The zero-order valence-electron chi connectivity index (χ0n) is 15.9. The van der Waals surface area contributed by atoms with Gasteiger partial charge in [0.15, 0.2) is 10.8 Å². The van der Waals surface area contributed by atoms with Crippen LogP contribution in [0.3, 0.4) is 0 Å². The van der Waals surface area contributed by atoms with E-state index in [9.17, 15) is 31.1 Å². The summed E-state index contributed by atoms with van der Waals surface area (Å²) in [5.41, 5.74) is -2.39. The summed E-state index contributed by atoms with van der Waals surface area (Å²) < 4.78 is 81.6. The van der Waals surface area contributed by atoms with Crippen molar-refractivity contribution in [3.8, 4) is 11.8 Å². The highest BCUT2D eigenvalue weighted by molar-refractivity contribution is 7.81. The maximum Gasteiger partial charge on any atom is 0.573 e. The van der Waals surface area contributed by atoms with Gasteiger partial charge in [0.1, 0.15) is 11.8 Å². The molecule has 1 aliphatic rings. The van der Waals surface area contributed by atoms with Crippen LogP contribution in [0.5, 0.6) is 5.75 Å². The average Bonchev–Trinajstić information content (AvgIpc) is 2.83. The van der Waals surface area contributed by atoms with Gasteiger partial charge in [0.25, 0.3) is 0 Å². The summed E-state index contributed by atoms with van der Waals surface area (Å²) >= 11 is 5.32. The van der Waals surface area contributed by atoms with E-state index in [0.717, 1.165) is 23.2 Å². The molecule has 2 heterocycles. The number of carbonyl (C=O) groups is 1. The number of aromatic nitrogens is 1. The molecule has 6 nitrogen and oxygen atoms in total. The van der Waals surface area contributed by atoms with E-state index in [4.69, 9.17) is 17.5 Å². The van der Waals surface area contributed by atoms with E-state index in [1.165, 1.54) is 23.1 Å². The Morgan fingerprint density at radius 1 is 1.12 bits per heavy atom. The van der Waals surface area contributed by atoms with E-state index in [2.05, 4.69) is 9.72 Å². The second-order valence-corrected chi connectivity index (χ2v) is 6.88. The van der Waals surface area contributed by atoms with Gasteiger partial charge >= 0.3 is 12.5 Å². The topological polar surface area (TPSA) is 69.5 Å². The summed E-state index contributed by atoms with van der Waals surface area (Å²) in [6.07, 6.45) is -8.79. The molecule has 0 saturated carbocycles. The Bertz CT molecular complexity index is 1100. The number of carbonyl (C=O) groups excluding carboxylic acids is 1. The Labute approximate surface area is 182 Å². The fourth-order valence-electron chi connectivity index (χ4n) is 3.05. The highest BCUT2D eigenvalue weighted by Crippen LogP contribution is 2.35. The molecule has 0 N–H and O–H groups in total. The number of hydrogen-bond acceptors (Lipinski definition) is 5. The smallest absolute Gasteiger partial charge is 0.406 e. The SMILES string of the molecule is N#Cc1ncc(N2C(=O)CCCN(c3cccc(OC(F)(F)F)c3)C2=S)cc1C(F)(F)F. The van der Waals surface area contributed by atoms with Crippen molar-refractivity contribution in [2.24, 2.45) is 0 Å². The van der Waals surface area contributed by atoms with Crippen molar-refractivity contribution in [2.45, 2.75) is 25.4 Å². The molecule has 1 aromatic heterocycles. The van der Waals surface area contributed by atoms with Gasteiger partial charge in [-0.3, -0.25) is 9.69 Å². The van der Waals surface area contributed by atoms with Crippen LogP contribution in [0.25, 0.3) is 0 Å². The van der Waals surface area contributed by atoms with Crippen LogP contribution < -0.4 is 14.5 Å². The summed E-state index contributed by atoms with van der Waals surface area (Å²) in [6, 6.07) is 6.74. The fourth-order valence-corrected chi connectivity index (χ4v) is 3.45. The van der Waals surface area contributed by atoms with Crippen molar-refractivity contribution in [1.29, 1.82) is 5.26 Å². The van der Waals surface area contributed by atoms with Gasteiger partial charge in [-0.2, -0.15) is 18.4 Å². The molecule has 3 rings (SSSR count). The normalized spacial score (nSPS) is 15.4. The molecule has 0 bridgehead atoms. The molecule has 32 heavy (non-hydrogen) atoms. The van der Waals surface area contributed by atoms with E-state index >= 15 is 0 Å². The van der Waals surface area contributed by atoms with Crippen LogP contribution in [0.4, 0.5) is 37.7 Å². The summed E-state index contributed by atoms with van der Waals surface area (Å²) in [5.74, 6) is -1.15. The Morgan fingerprint density at radius 2 is 1.84 bits per heavy atom. The molecule has 0 unspecified atom stereocenters. The summed E-state index contributed by atoms with van der Waals surface area (Å²) in [6.45, 7) is 0.117. The first kappa shape index (κ1) is 23.3. The molecule has 1 aromatic carbocycles. The van der Waals surface area contributed by atoms with Crippen LogP contribution in [0.1, 0.15) is 24.1 Å². The van der Waals surface area contributed by atoms with Gasteiger partial charge in [-0.05, 0) is 36.8 Å². The Balaban J connectivity index is 2.02. The highest BCUT2D eigenvalue weighted by Gasteiger charge is 2.37. The zero-order valence-corrected chi connectivity index (χ0v) is 16.7.